The van der Waals surface area contributed by atoms with Crippen molar-refractivity contribution in [2.24, 2.45) is 0 Å². The van der Waals surface area contributed by atoms with Gasteiger partial charge in [-0.15, -0.1) is 0 Å². The van der Waals surface area contributed by atoms with Crippen molar-refractivity contribution < 1.29 is 5.11 Å². The molecular weight excluding hydrogens is 240 g/mol. The first kappa shape index (κ1) is 11.6. The van der Waals surface area contributed by atoms with Gasteiger partial charge in [0.2, 0.25) is 0 Å². The predicted molar refractivity (Wildman–Crippen MR) is 69.8 cm³/mol. The number of fused-ring (bicyclic) bond motifs is 1. The Kier molecular flexibility index (Phi) is 2.86. The van der Waals surface area contributed by atoms with E-state index in [2.05, 4.69) is 21.4 Å². The van der Waals surface area contributed by atoms with E-state index < -0.39 is 6.10 Å². The van der Waals surface area contributed by atoms with Crippen LogP contribution in [0.5, 0.6) is 0 Å². The number of aliphatic hydroxyl groups excluding tert-OH is 1. The fourth-order valence-electron chi connectivity index (χ4n) is 2.25. The lowest BCUT2D eigenvalue weighted by atomic mass is 10.2. The van der Waals surface area contributed by atoms with Gasteiger partial charge in [0.05, 0.1) is 23.4 Å². The monoisotopic (exact) mass is 252 g/mol. The number of aromatic nitrogens is 2. The van der Waals surface area contributed by atoms with Gasteiger partial charge in [-0.1, -0.05) is 0 Å². The molecule has 0 fully saturated rings. The van der Waals surface area contributed by atoms with Crippen LogP contribution in [0.15, 0.2) is 30.6 Å². The zero-order valence-electron chi connectivity index (χ0n) is 10.2. The third-order valence-corrected chi connectivity index (χ3v) is 3.24. The molecule has 5 heteroatoms. The first-order chi connectivity index (χ1) is 9.28. The second-order valence-corrected chi connectivity index (χ2v) is 4.45. The summed E-state index contributed by atoms with van der Waals surface area (Å²) in [7, 11) is 0. The lowest BCUT2D eigenvalue weighted by Crippen LogP contribution is -2.01. The molecule has 1 atom stereocenters. The SMILES string of the molecule is N#Cc1ccc(Nc2ncnc3c2CC[C@H]3O)cc1. The maximum Gasteiger partial charge on any atom is 0.137 e. The molecule has 2 N–H and O–H groups in total. The third kappa shape index (κ3) is 2.14. The molecule has 19 heavy (non-hydrogen) atoms. The summed E-state index contributed by atoms with van der Waals surface area (Å²) in [5.41, 5.74) is 3.17. The molecule has 0 bridgehead atoms. The molecule has 0 aliphatic heterocycles. The molecule has 1 aliphatic rings. The maximum absolute atomic E-state index is 9.79. The van der Waals surface area contributed by atoms with Crippen LogP contribution < -0.4 is 5.32 Å². The van der Waals surface area contributed by atoms with Gasteiger partial charge < -0.3 is 10.4 Å². The average Bonchev–Trinajstić information content (AvgIpc) is 2.83. The number of hydrogen-bond donors (Lipinski definition) is 2. The molecule has 5 nitrogen and oxygen atoms in total. The van der Waals surface area contributed by atoms with Crippen molar-refractivity contribution in [3.63, 3.8) is 0 Å². The van der Waals surface area contributed by atoms with Crippen molar-refractivity contribution in [3.8, 4) is 6.07 Å². The number of nitrogens with one attached hydrogen (secondary N) is 1. The van der Waals surface area contributed by atoms with Crippen molar-refractivity contribution in [2.75, 3.05) is 5.32 Å². The zero-order valence-corrected chi connectivity index (χ0v) is 10.2. The summed E-state index contributed by atoms with van der Waals surface area (Å²) < 4.78 is 0. The Bertz CT molecular complexity index is 645. The van der Waals surface area contributed by atoms with Crippen LogP contribution in [0.3, 0.4) is 0 Å². The highest BCUT2D eigenvalue weighted by Gasteiger charge is 2.24. The Morgan fingerprint density at radius 1 is 1.26 bits per heavy atom. The Balaban J connectivity index is 1.90. The number of benzene rings is 1. The molecule has 0 spiro atoms. The quantitative estimate of drug-likeness (QED) is 0.855. The summed E-state index contributed by atoms with van der Waals surface area (Å²) in [6.07, 6.45) is 2.44. The molecule has 94 valence electrons. The van der Waals surface area contributed by atoms with E-state index in [0.29, 0.717) is 17.7 Å². The summed E-state index contributed by atoms with van der Waals surface area (Å²) in [5.74, 6) is 0.728. The molecule has 3 rings (SSSR count). The molecule has 0 radical (unpaired) electrons. The van der Waals surface area contributed by atoms with Crippen LogP contribution in [0.4, 0.5) is 11.5 Å². The van der Waals surface area contributed by atoms with Crippen molar-refractivity contribution in [2.45, 2.75) is 18.9 Å². The molecule has 2 aromatic rings. The van der Waals surface area contributed by atoms with Crippen molar-refractivity contribution >= 4 is 11.5 Å². The van der Waals surface area contributed by atoms with Crippen LogP contribution >= 0.6 is 0 Å². The molecule has 0 amide bonds. The average molecular weight is 252 g/mol. The molecule has 1 aromatic heterocycles. The van der Waals surface area contributed by atoms with Gasteiger partial charge >= 0.3 is 0 Å². The molecule has 0 unspecified atom stereocenters. The molecule has 1 aromatic carbocycles. The van der Waals surface area contributed by atoms with Crippen LogP contribution in [0.1, 0.15) is 29.3 Å². The number of nitriles is 1. The number of rotatable bonds is 2. The van der Waals surface area contributed by atoms with Gasteiger partial charge in [-0.25, -0.2) is 9.97 Å². The van der Waals surface area contributed by atoms with Gasteiger partial charge in [0, 0.05) is 11.3 Å². The van der Waals surface area contributed by atoms with Crippen LogP contribution in [0, 0.1) is 11.3 Å². The second-order valence-electron chi connectivity index (χ2n) is 4.45. The minimum absolute atomic E-state index is 0.487. The highest BCUT2D eigenvalue weighted by molar-refractivity contribution is 5.61. The van der Waals surface area contributed by atoms with Crippen molar-refractivity contribution in [1.82, 2.24) is 9.97 Å². The minimum Gasteiger partial charge on any atom is -0.387 e. The van der Waals surface area contributed by atoms with Crippen LogP contribution in [0.2, 0.25) is 0 Å². The Hall–Kier alpha value is -2.45. The maximum atomic E-state index is 9.79. The minimum atomic E-state index is -0.487. The summed E-state index contributed by atoms with van der Waals surface area (Å²) >= 11 is 0. The van der Waals surface area contributed by atoms with Gasteiger partial charge in [0.15, 0.2) is 0 Å². The van der Waals surface area contributed by atoms with Gasteiger partial charge in [-0.3, -0.25) is 0 Å². The largest absolute Gasteiger partial charge is 0.387 e. The fourth-order valence-corrected chi connectivity index (χ4v) is 2.25. The van der Waals surface area contributed by atoms with Gasteiger partial charge in [-0.2, -0.15) is 5.26 Å². The standard InChI is InChI=1S/C14H12N4O/c15-7-9-1-3-10(4-2-9)18-14-11-5-6-12(19)13(11)16-8-17-14/h1-4,8,12,19H,5-6H2,(H,16,17,18)/t12-/m1/s1. The van der Waals surface area contributed by atoms with Crippen molar-refractivity contribution in [1.29, 1.82) is 5.26 Å². The lowest BCUT2D eigenvalue weighted by Gasteiger charge is -2.10. The highest BCUT2D eigenvalue weighted by Crippen LogP contribution is 2.33. The van der Waals surface area contributed by atoms with E-state index >= 15 is 0 Å². The van der Waals surface area contributed by atoms with Crippen molar-refractivity contribution in [3.05, 3.63) is 47.4 Å². The smallest absolute Gasteiger partial charge is 0.137 e. The van der Waals surface area contributed by atoms with E-state index in [9.17, 15) is 5.11 Å². The van der Waals surface area contributed by atoms with Gasteiger partial charge in [-0.05, 0) is 37.1 Å². The number of anilines is 2. The summed E-state index contributed by atoms with van der Waals surface area (Å²) in [6.45, 7) is 0. The Morgan fingerprint density at radius 2 is 2.05 bits per heavy atom. The van der Waals surface area contributed by atoms with E-state index in [-0.39, 0.29) is 0 Å². The summed E-state index contributed by atoms with van der Waals surface area (Å²) in [5, 5.41) is 21.7. The van der Waals surface area contributed by atoms with Gasteiger partial charge in [0.1, 0.15) is 12.1 Å². The predicted octanol–water partition coefficient (Wildman–Crippen LogP) is 2.07. The van der Waals surface area contributed by atoms with Crippen LogP contribution in [-0.4, -0.2) is 15.1 Å². The highest BCUT2D eigenvalue weighted by atomic mass is 16.3. The summed E-state index contributed by atoms with van der Waals surface area (Å²) in [6, 6.07) is 9.24. The van der Waals surface area contributed by atoms with Gasteiger partial charge in [0.25, 0.3) is 0 Å². The number of nitrogens with zero attached hydrogens (tertiary/aromatic N) is 3. The third-order valence-electron chi connectivity index (χ3n) is 3.24. The van der Waals surface area contributed by atoms with E-state index in [1.807, 2.05) is 12.1 Å². The summed E-state index contributed by atoms with van der Waals surface area (Å²) in [4.78, 5) is 8.35. The molecule has 0 saturated heterocycles. The van der Waals surface area contributed by atoms with E-state index in [1.54, 1.807) is 12.1 Å². The van der Waals surface area contributed by atoms with Crippen LogP contribution in [-0.2, 0) is 6.42 Å². The van der Waals surface area contributed by atoms with E-state index in [1.165, 1.54) is 6.33 Å². The molecule has 1 aliphatic carbocycles. The topological polar surface area (TPSA) is 81.8 Å². The second kappa shape index (κ2) is 4.67. The first-order valence-electron chi connectivity index (χ1n) is 6.07. The number of aliphatic hydroxyl groups is 1. The fraction of sp³-hybridized carbons (Fsp3) is 0.214. The first-order valence-corrected chi connectivity index (χ1v) is 6.07. The molecule has 1 heterocycles. The normalized spacial score (nSPS) is 16.7. The number of hydrogen-bond acceptors (Lipinski definition) is 5. The zero-order chi connectivity index (χ0) is 13.2. The Morgan fingerprint density at radius 3 is 2.79 bits per heavy atom. The van der Waals surface area contributed by atoms with E-state index in [0.717, 1.165) is 23.5 Å². The Labute approximate surface area is 110 Å². The molecular formula is C14H12N4O. The van der Waals surface area contributed by atoms with Crippen LogP contribution in [0.25, 0.3) is 0 Å². The molecule has 0 saturated carbocycles. The van der Waals surface area contributed by atoms with E-state index in [4.69, 9.17) is 5.26 Å². The lowest BCUT2D eigenvalue weighted by molar-refractivity contribution is 0.175.